The first-order valence-electron chi connectivity index (χ1n) is 11.2. The summed E-state index contributed by atoms with van der Waals surface area (Å²) >= 11 is 1.68. The van der Waals surface area contributed by atoms with E-state index >= 15 is 0 Å². The van der Waals surface area contributed by atoms with Crippen LogP contribution < -0.4 is 4.74 Å². The average Bonchev–Trinajstić information content (AvgIpc) is 3.47. The summed E-state index contributed by atoms with van der Waals surface area (Å²) in [6, 6.07) is 22.5. The quantitative estimate of drug-likeness (QED) is 0.311. The van der Waals surface area contributed by atoms with Gasteiger partial charge in [0.2, 0.25) is 0 Å². The lowest BCUT2D eigenvalue weighted by Crippen LogP contribution is -2.19. The first-order valence-corrected chi connectivity index (χ1v) is 12.0. The fourth-order valence-electron chi connectivity index (χ4n) is 4.52. The maximum Gasteiger partial charge on any atom is 0.195 e. The SMILES string of the molecule is COc1cc(C(=O)c2c(-c3ccc(C)cc3)sc3ccccc23)ccc1CN1CCCC1. The number of likely N-dealkylation sites (tertiary alicyclic amines) is 1. The van der Waals surface area contributed by atoms with Crippen LogP contribution in [0.3, 0.4) is 0 Å². The lowest BCUT2D eigenvalue weighted by molar-refractivity contribution is 0.104. The molecule has 0 atom stereocenters. The highest BCUT2D eigenvalue weighted by Gasteiger charge is 2.23. The number of hydrogen-bond donors (Lipinski definition) is 0. The molecule has 0 saturated carbocycles. The van der Waals surface area contributed by atoms with E-state index in [2.05, 4.69) is 54.3 Å². The molecule has 162 valence electrons. The normalized spacial score (nSPS) is 14.2. The van der Waals surface area contributed by atoms with Crippen LogP contribution in [0.25, 0.3) is 20.5 Å². The second-order valence-electron chi connectivity index (χ2n) is 8.51. The van der Waals surface area contributed by atoms with Crippen LogP contribution in [0.4, 0.5) is 0 Å². The van der Waals surface area contributed by atoms with Crippen LogP contribution in [0.15, 0.2) is 66.7 Å². The summed E-state index contributed by atoms with van der Waals surface area (Å²) in [5, 5.41) is 1.01. The number of rotatable bonds is 6. The maximum atomic E-state index is 13.8. The van der Waals surface area contributed by atoms with Gasteiger partial charge in [-0.05, 0) is 50.6 Å². The number of fused-ring (bicyclic) bond motifs is 1. The van der Waals surface area contributed by atoms with Crippen molar-refractivity contribution in [1.29, 1.82) is 0 Å². The number of nitrogens with zero attached hydrogens (tertiary/aromatic N) is 1. The molecule has 0 aliphatic carbocycles. The highest BCUT2D eigenvalue weighted by Crippen LogP contribution is 2.40. The van der Waals surface area contributed by atoms with E-state index < -0.39 is 0 Å². The summed E-state index contributed by atoms with van der Waals surface area (Å²) < 4.78 is 6.83. The Bertz CT molecular complexity index is 1270. The van der Waals surface area contributed by atoms with Gasteiger partial charge < -0.3 is 4.74 Å². The fraction of sp³-hybridized carbons (Fsp3) is 0.250. The molecule has 3 nitrogen and oxygen atoms in total. The average molecular weight is 442 g/mol. The van der Waals surface area contributed by atoms with Gasteiger partial charge in [-0.3, -0.25) is 9.69 Å². The second kappa shape index (κ2) is 8.89. The van der Waals surface area contributed by atoms with Crippen LogP contribution in [-0.2, 0) is 6.54 Å². The van der Waals surface area contributed by atoms with E-state index in [9.17, 15) is 4.79 Å². The number of carbonyl (C=O) groups excluding carboxylic acids is 1. The van der Waals surface area contributed by atoms with Crippen LogP contribution in [0.1, 0.15) is 39.9 Å². The monoisotopic (exact) mass is 441 g/mol. The van der Waals surface area contributed by atoms with Gasteiger partial charge in [-0.2, -0.15) is 0 Å². The molecular formula is C28H27NO2S. The third kappa shape index (κ3) is 3.96. The van der Waals surface area contributed by atoms with Crippen molar-refractivity contribution in [2.75, 3.05) is 20.2 Å². The molecule has 1 fully saturated rings. The molecule has 3 aromatic carbocycles. The minimum Gasteiger partial charge on any atom is -0.496 e. The van der Waals surface area contributed by atoms with Gasteiger partial charge >= 0.3 is 0 Å². The van der Waals surface area contributed by atoms with Gasteiger partial charge in [-0.25, -0.2) is 0 Å². The first kappa shape index (κ1) is 20.9. The highest BCUT2D eigenvalue weighted by atomic mass is 32.1. The zero-order chi connectivity index (χ0) is 22.1. The number of methoxy groups -OCH3 is 1. The van der Waals surface area contributed by atoms with Gasteiger partial charge in [0.25, 0.3) is 0 Å². The smallest absolute Gasteiger partial charge is 0.195 e. The fourth-order valence-corrected chi connectivity index (χ4v) is 5.73. The van der Waals surface area contributed by atoms with E-state index in [1.165, 1.54) is 18.4 Å². The molecule has 1 aromatic heterocycles. The zero-order valence-electron chi connectivity index (χ0n) is 18.6. The number of ether oxygens (including phenoxy) is 1. The maximum absolute atomic E-state index is 13.8. The molecule has 4 aromatic rings. The zero-order valence-corrected chi connectivity index (χ0v) is 19.4. The van der Waals surface area contributed by atoms with E-state index in [0.29, 0.717) is 5.56 Å². The Morgan fingerprint density at radius 3 is 2.50 bits per heavy atom. The van der Waals surface area contributed by atoms with Crippen LogP contribution in [-0.4, -0.2) is 30.9 Å². The summed E-state index contributed by atoms with van der Waals surface area (Å²) in [4.78, 5) is 17.3. The Morgan fingerprint density at radius 2 is 1.75 bits per heavy atom. The summed E-state index contributed by atoms with van der Waals surface area (Å²) in [6.07, 6.45) is 2.51. The first-order chi connectivity index (χ1) is 15.6. The summed E-state index contributed by atoms with van der Waals surface area (Å²) in [6.45, 7) is 5.21. The van der Waals surface area contributed by atoms with Crippen LogP contribution in [0.5, 0.6) is 5.75 Å². The van der Waals surface area contributed by atoms with Gasteiger partial charge in [0.05, 0.1) is 7.11 Å². The van der Waals surface area contributed by atoms with E-state index in [-0.39, 0.29) is 5.78 Å². The molecule has 0 unspecified atom stereocenters. The number of aryl methyl sites for hydroxylation is 1. The minimum absolute atomic E-state index is 0.0454. The Balaban J connectivity index is 1.57. The summed E-state index contributed by atoms with van der Waals surface area (Å²) in [5.74, 6) is 0.836. The molecule has 1 aliphatic rings. The summed E-state index contributed by atoms with van der Waals surface area (Å²) in [5.41, 5.74) is 4.88. The topological polar surface area (TPSA) is 29.5 Å². The molecule has 5 rings (SSSR count). The Morgan fingerprint density at radius 1 is 1.00 bits per heavy atom. The third-order valence-electron chi connectivity index (χ3n) is 6.28. The van der Waals surface area contributed by atoms with Crippen molar-refractivity contribution in [3.63, 3.8) is 0 Å². The predicted molar refractivity (Wildman–Crippen MR) is 133 cm³/mol. The largest absolute Gasteiger partial charge is 0.496 e. The second-order valence-corrected chi connectivity index (χ2v) is 9.56. The molecule has 1 saturated heterocycles. The number of ketones is 1. The number of hydrogen-bond acceptors (Lipinski definition) is 4. The van der Waals surface area contributed by atoms with Crippen LogP contribution in [0, 0.1) is 6.92 Å². The molecule has 0 N–H and O–H groups in total. The van der Waals surface area contributed by atoms with E-state index in [1.54, 1.807) is 18.4 Å². The highest BCUT2D eigenvalue weighted by molar-refractivity contribution is 7.22. The predicted octanol–water partition coefficient (Wildman–Crippen LogP) is 6.71. The summed E-state index contributed by atoms with van der Waals surface area (Å²) in [7, 11) is 1.69. The van der Waals surface area contributed by atoms with Crippen molar-refractivity contribution in [2.45, 2.75) is 26.3 Å². The lowest BCUT2D eigenvalue weighted by atomic mass is 9.96. The molecular weight excluding hydrogens is 414 g/mol. The molecule has 4 heteroatoms. The van der Waals surface area contributed by atoms with Gasteiger partial charge in [0.15, 0.2) is 5.78 Å². The third-order valence-corrected chi connectivity index (χ3v) is 7.50. The number of carbonyl (C=O) groups is 1. The van der Waals surface area contributed by atoms with Crippen molar-refractivity contribution >= 4 is 27.2 Å². The van der Waals surface area contributed by atoms with Gasteiger partial charge in [-0.15, -0.1) is 11.3 Å². The Labute approximate surface area is 193 Å². The van der Waals surface area contributed by atoms with Gasteiger partial charge in [-0.1, -0.05) is 60.2 Å². The standard InChI is InChI=1S/C28H27NO2S/c1-19-9-11-20(12-10-19)28-26(23-7-3-4-8-25(23)32-28)27(30)21-13-14-22(24(17-21)31-2)18-29-15-5-6-16-29/h3-4,7-14,17H,5-6,15-16,18H2,1-2H3. The van der Waals surface area contributed by atoms with E-state index in [1.807, 2.05) is 24.3 Å². The van der Waals surface area contributed by atoms with Gasteiger partial charge in [0.1, 0.15) is 5.75 Å². The van der Waals surface area contributed by atoms with E-state index in [4.69, 9.17) is 4.74 Å². The van der Waals surface area contributed by atoms with Crippen LogP contribution in [0.2, 0.25) is 0 Å². The van der Waals surface area contributed by atoms with Crippen molar-refractivity contribution in [2.24, 2.45) is 0 Å². The van der Waals surface area contributed by atoms with Crippen molar-refractivity contribution < 1.29 is 9.53 Å². The minimum atomic E-state index is 0.0454. The van der Waals surface area contributed by atoms with E-state index in [0.717, 1.165) is 57.0 Å². The number of benzene rings is 3. The molecule has 0 spiro atoms. The number of thiophene rings is 1. The van der Waals surface area contributed by atoms with Crippen molar-refractivity contribution in [3.8, 4) is 16.2 Å². The molecule has 0 amide bonds. The molecule has 0 radical (unpaired) electrons. The van der Waals surface area contributed by atoms with Crippen molar-refractivity contribution in [3.05, 3.63) is 89.0 Å². The Hall–Kier alpha value is -2.95. The molecule has 0 bridgehead atoms. The Kier molecular flexibility index (Phi) is 5.81. The molecule has 2 heterocycles. The molecule has 32 heavy (non-hydrogen) atoms. The lowest BCUT2D eigenvalue weighted by Gasteiger charge is -2.17. The van der Waals surface area contributed by atoms with Gasteiger partial charge in [0, 0.05) is 38.2 Å². The molecule has 1 aliphatic heterocycles. The van der Waals surface area contributed by atoms with Crippen LogP contribution >= 0.6 is 11.3 Å². The van der Waals surface area contributed by atoms with Crippen molar-refractivity contribution in [1.82, 2.24) is 4.90 Å².